The molecule has 3 saturated heterocycles. The molecule has 0 radical (unpaired) electrons. The van der Waals surface area contributed by atoms with Crippen LogP contribution in [0.15, 0.2) is 72.1 Å². The number of carbonyl (C=O) groups excluding carboxylic acids is 5. The molecule has 5 aliphatic rings. The lowest BCUT2D eigenvalue weighted by Gasteiger charge is -2.47. The monoisotopic (exact) mass is 1080 g/mol. The predicted octanol–water partition coefficient (Wildman–Crippen LogP) is 11.2. The van der Waals surface area contributed by atoms with E-state index in [-0.39, 0.29) is 47.5 Å². The SMILES string of the molecule is COc1cc2nc(C)nc(N[C@H](C)c3cc(-c4ccccc4CCC(=O)OC(C)(C)C)cs3)c2cc1C1CCC(C(=O)N2CCN(CC3CCC4(CC3)CCN(C(=O)c3ccc(C5CCC(=O)NC5=O)cc3)CC4)CC2)CC1. The zero-order valence-electron chi connectivity index (χ0n) is 46.7. The Bertz CT molecular complexity index is 2990. The van der Waals surface area contributed by atoms with Crippen molar-refractivity contribution >= 4 is 57.7 Å². The number of nitrogens with zero attached hydrogens (tertiary/aromatic N) is 5. The Kier molecular flexibility index (Phi) is 16.7. The number of piperazine rings is 1. The molecule has 3 aliphatic heterocycles. The van der Waals surface area contributed by atoms with Gasteiger partial charge in [0.05, 0.1) is 24.6 Å². The van der Waals surface area contributed by atoms with Gasteiger partial charge in [0.1, 0.15) is 23.0 Å². The fourth-order valence-corrected chi connectivity index (χ4v) is 14.1. The van der Waals surface area contributed by atoms with Crippen molar-refractivity contribution in [1.82, 2.24) is 30.0 Å². The maximum atomic E-state index is 14.1. The van der Waals surface area contributed by atoms with Gasteiger partial charge in [0, 0.05) is 86.5 Å². The normalized spacial score (nSPS) is 21.8. The molecule has 10 rings (SSSR count). The number of aromatic nitrogens is 2. The first-order chi connectivity index (χ1) is 37.5. The van der Waals surface area contributed by atoms with Crippen molar-refractivity contribution in [1.29, 1.82) is 0 Å². The summed E-state index contributed by atoms with van der Waals surface area (Å²) < 4.78 is 11.6. The van der Waals surface area contributed by atoms with Gasteiger partial charge in [-0.15, -0.1) is 11.3 Å². The van der Waals surface area contributed by atoms with Crippen LogP contribution in [0.4, 0.5) is 5.82 Å². The van der Waals surface area contributed by atoms with Crippen LogP contribution in [0.3, 0.4) is 0 Å². The maximum Gasteiger partial charge on any atom is 0.306 e. The van der Waals surface area contributed by atoms with Crippen molar-refractivity contribution in [2.24, 2.45) is 17.3 Å². The molecular formula is C63H79N7O7S. The molecule has 0 bridgehead atoms. The molecule has 4 amide bonds. The van der Waals surface area contributed by atoms with E-state index in [2.05, 4.69) is 63.1 Å². The van der Waals surface area contributed by atoms with Crippen molar-refractivity contribution in [2.45, 2.75) is 148 Å². The first-order valence-corrected chi connectivity index (χ1v) is 29.6. The lowest BCUT2D eigenvalue weighted by Crippen LogP contribution is -2.52. The summed E-state index contributed by atoms with van der Waals surface area (Å²) in [5, 5.41) is 9.33. The second-order valence-corrected chi connectivity index (χ2v) is 25.1. The van der Waals surface area contributed by atoms with E-state index in [0.717, 1.165) is 135 Å². The van der Waals surface area contributed by atoms with Gasteiger partial charge >= 0.3 is 5.97 Å². The number of piperidine rings is 2. The minimum absolute atomic E-state index is 0.0333. The number of aryl methyl sites for hydroxylation is 2. The minimum atomic E-state index is -0.510. The van der Waals surface area contributed by atoms with E-state index in [1.807, 2.05) is 69.0 Å². The number of nitrogens with one attached hydrogen (secondary N) is 2. The van der Waals surface area contributed by atoms with E-state index in [4.69, 9.17) is 19.4 Å². The largest absolute Gasteiger partial charge is 0.496 e. The van der Waals surface area contributed by atoms with Gasteiger partial charge in [-0.2, -0.15) is 0 Å². The van der Waals surface area contributed by atoms with Crippen LogP contribution >= 0.6 is 11.3 Å². The van der Waals surface area contributed by atoms with Gasteiger partial charge in [-0.05, 0) is 186 Å². The van der Waals surface area contributed by atoms with Gasteiger partial charge in [-0.25, -0.2) is 9.97 Å². The highest BCUT2D eigenvalue weighted by Crippen LogP contribution is 2.47. The lowest BCUT2D eigenvalue weighted by atomic mass is 9.65. The van der Waals surface area contributed by atoms with Crippen molar-refractivity contribution < 1.29 is 33.4 Å². The zero-order valence-corrected chi connectivity index (χ0v) is 47.5. The third kappa shape index (κ3) is 12.8. The fourth-order valence-electron chi connectivity index (χ4n) is 13.2. The first-order valence-electron chi connectivity index (χ1n) is 28.8. The number of carbonyl (C=O) groups is 5. The van der Waals surface area contributed by atoms with Crippen molar-refractivity contribution in [3.05, 3.63) is 105 Å². The number of imide groups is 1. The van der Waals surface area contributed by atoms with Crippen LogP contribution in [0.5, 0.6) is 5.75 Å². The summed E-state index contributed by atoms with van der Waals surface area (Å²) in [6, 6.07) is 22.2. The molecule has 2 N–H and O–H groups in total. The Morgan fingerprint density at radius 2 is 1.56 bits per heavy atom. The van der Waals surface area contributed by atoms with E-state index < -0.39 is 5.60 Å². The van der Waals surface area contributed by atoms with E-state index in [0.29, 0.717) is 54.3 Å². The van der Waals surface area contributed by atoms with Crippen LogP contribution in [-0.2, 0) is 30.3 Å². The number of hydrogen-bond donors (Lipinski definition) is 2. The number of rotatable bonds is 14. The number of esters is 1. The second-order valence-electron chi connectivity index (χ2n) is 24.1. The predicted molar refractivity (Wildman–Crippen MR) is 306 cm³/mol. The van der Waals surface area contributed by atoms with E-state index in [1.165, 1.54) is 30.6 Å². The Hall–Kier alpha value is -6.19. The first kappa shape index (κ1) is 55.1. The third-order valence-electron chi connectivity index (χ3n) is 17.7. The molecule has 414 valence electrons. The van der Waals surface area contributed by atoms with E-state index in [9.17, 15) is 24.0 Å². The second kappa shape index (κ2) is 23.6. The number of likely N-dealkylation sites (tertiary alicyclic amines) is 1. The van der Waals surface area contributed by atoms with E-state index >= 15 is 0 Å². The highest BCUT2D eigenvalue weighted by molar-refractivity contribution is 7.10. The summed E-state index contributed by atoms with van der Waals surface area (Å²) in [7, 11) is 1.73. The van der Waals surface area contributed by atoms with E-state index in [1.54, 1.807) is 18.4 Å². The van der Waals surface area contributed by atoms with Crippen LogP contribution < -0.4 is 15.4 Å². The van der Waals surface area contributed by atoms with Crippen LogP contribution in [0.1, 0.15) is 167 Å². The number of hydrogen-bond acceptors (Lipinski definition) is 12. The van der Waals surface area contributed by atoms with Gasteiger partial charge in [-0.1, -0.05) is 36.4 Å². The standard InChI is InChI=1S/C63H79N7O7S/c1-40(55-35-48(39-78-55)49-10-8-7-9-43(49)19-22-57(72)77-62(3,4)5)64-58-52-36-51(54(76-6)37-53(52)65-41(2)66-58)45-13-17-47(18-14-45)61(75)70-33-31-68(32-34-70)38-42-23-25-63(26-24-42)27-29-69(30-28-63)60(74)46-15-11-44(12-16-46)50-20-21-56(71)67-59(50)73/h7-12,15-16,35-37,39-40,42,45,47,50H,13-14,17-34,38H2,1-6H3,(H,64,65,66)(H,67,71,73)/t40-,45?,47?,50?/m1/s1. The molecular weight excluding hydrogens is 999 g/mol. The number of methoxy groups -OCH3 is 1. The molecule has 2 atom stereocenters. The number of benzene rings is 3. The smallest absolute Gasteiger partial charge is 0.306 e. The molecule has 5 aromatic rings. The summed E-state index contributed by atoms with van der Waals surface area (Å²) >= 11 is 1.71. The Morgan fingerprint density at radius 3 is 2.26 bits per heavy atom. The molecule has 3 aromatic carbocycles. The average molecular weight is 1080 g/mol. The summed E-state index contributed by atoms with van der Waals surface area (Å²) in [6.07, 6.45) is 12.3. The van der Waals surface area contributed by atoms with Gasteiger partial charge in [0.2, 0.25) is 17.7 Å². The summed E-state index contributed by atoms with van der Waals surface area (Å²) in [4.78, 5) is 81.8. The molecule has 2 aromatic heterocycles. The quantitative estimate of drug-likeness (QED) is 0.0804. The molecule has 14 nitrogen and oxygen atoms in total. The Morgan fingerprint density at radius 1 is 0.846 bits per heavy atom. The zero-order chi connectivity index (χ0) is 54.7. The van der Waals surface area contributed by atoms with Gasteiger partial charge in [0.25, 0.3) is 5.91 Å². The lowest BCUT2D eigenvalue weighted by molar-refractivity contribution is -0.154. The van der Waals surface area contributed by atoms with Gasteiger partial charge < -0.3 is 24.6 Å². The topological polar surface area (TPSA) is 163 Å². The molecule has 2 aliphatic carbocycles. The number of fused-ring (bicyclic) bond motifs is 1. The summed E-state index contributed by atoms with van der Waals surface area (Å²) in [5.41, 5.74) is 6.66. The van der Waals surface area contributed by atoms with Gasteiger partial charge in [-0.3, -0.25) is 34.2 Å². The van der Waals surface area contributed by atoms with Crippen molar-refractivity contribution in [3.8, 4) is 16.9 Å². The summed E-state index contributed by atoms with van der Waals surface area (Å²) in [6.45, 7) is 15.9. The highest BCUT2D eigenvalue weighted by atomic mass is 32.1. The molecule has 15 heteroatoms. The van der Waals surface area contributed by atoms with Crippen LogP contribution in [-0.4, -0.2) is 113 Å². The molecule has 78 heavy (non-hydrogen) atoms. The number of thiophene rings is 1. The highest BCUT2D eigenvalue weighted by Gasteiger charge is 2.40. The molecule has 1 spiro atoms. The minimum Gasteiger partial charge on any atom is -0.496 e. The van der Waals surface area contributed by atoms with Crippen LogP contribution in [0.25, 0.3) is 22.0 Å². The Balaban J connectivity index is 0.679. The molecule has 1 unspecified atom stereocenters. The number of anilines is 1. The maximum absolute atomic E-state index is 14.1. The molecule has 5 fully saturated rings. The molecule has 5 heterocycles. The van der Waals surface area contributed by atoms with Crippen LogP contribution in [0.2, 0.25) is 0 Å². The average Bonchev–Trinajstić information content (AvgIpc) is 3.95. The van der Waals surface area contributed by atoms with Crippen molar-refractivity contribution in [2.75, 3.05) is 58.2 Å². The molecule has 2 saturated carbocycles. The van der Waals surface area contributed by atoms with Gasteiger partial charge in [0.15, 0.2) is 0 Å². The third-order valence-corrected chi connectivity index (χ3v) is 18.8. The van der Waals surface area contributed by atoms with Crippen molar-refractivity contribution in [3.63, 3.8) is 0 Å². The van der Waals surface area contributed by atoms with Crippen LogP contribution in [0, 0.1) is 24.2 Å². The number of amides is 4. The Labute approximate surface area is 464 Å². The summed E-state index contributed by atoms with van der Waals surface area (Å²) in [5.74, 6) is 2.62. The number of ether oxygens (including phenoxy) is 2. The fraction of sp³-hybridized carbons (Fsp3) is 0.540.